The second-order valence-electron chi connectivity index (χ2n) is 6.66. The fourth-order valence-electron chi connectivity index (χ4n) is 3.37. The molecule has 0 bridgehead atoms. The van der Waals surface area contributed by atoms with Gasteiger partial charge in [-0.25, -0.2) is 0 Å². The first kappa shape index (κ1) is 15.9. The number of rotatable bonds is 4. The molecule has 3 aromatic heterocycles. The molecular weight excluding hydrogens is 314 g/mol. The van der Waals surface area contributed by atoms with Crippen molar-refractivity contribution in [2.75, 3.05) is 13.1 Å². The summed E-state index contributed by atoms with van der Waals surface area (Å²) in [5.41, 5.74) is 3.70. The lowest BCUT2D eigenvalue weighted by atomic mass is 9.91. The van der Waals surface area contributed by atoms with Crippen LogP contribution in [0.4, 0.5) is 0 Å². The molecule has 6 heteroatoms. The third kappa shape index (κ3) is 3.44. The molecule has 0 aromatic carbocycles. The van der Waals surface area contributed by atoms with E-state index in [1.165, 1.54) is 0 Å². The molecule has 1 saturated heterocycles. The van der Waals surface area contributed by atoms with Crippen LogP contribution in [0, 0.1) is 5.92 Å². The summed E-state index contributed by atoms with van der Waals surface area (Å²) in [6.07, 6.45) is 9.64. The number of aryl methyl sites for hydroxylation is 1. The maximum absolute atomic E-state index is 12.5. The Bertz CT molecular complexity index is 911. The Hall–Kier alpha value is -2.60. The van der Waals surface area contributed by atoms with Crippen molar-refractivity contribution in [3.8, 4) is 11.1 Å². The van der Waals surface area contributed by atoms with Gasteiger partial charge in [0.1, 0.15) is 5.78 Å². The number of Topliss-reactive ketones (excluding diaryl/α,β-unsaturated/α-hetero) is 1. The number of hydrogen-bond acceptors (Lipinski definition) is 5. The van der Waals surface area contributed by atoms with E-state index in [1.807, 2.05) is 31.7 Å². The molecule has 0 atom stereocenters. The zero-order valence-electron chi connectivity index (χ0n) is 14.3. The van der Waals surface area contributed by atoms with Crippen LogP contribution in [0.5, 0.6) is 0 Å². The van der Waals surface area contributed by atoms with Gasteiger partial charge < -0.3 is 5.32 Å². The first-order valence-corrected chi connectivity index (χ1v) is 8.66. The summed E-state index contributed by atoms with van der Waals surface area (Å²) >= 11 is 0. The van der Waals surface area contributed by atoms with Gasteiger partial charge in [0, 0.05) is 54.0 Å². The molecule has 0 aliphatic carbocycles. The predicted molar refractivity (Wildman–Crippen MR) is 96.0 cm³/mol. The van der Waals surface area contributed by atoms with Crippen LogP contribution in [-0.2, 0) is 18.3 Å². The number of ketones is 1. The number of fused-ring (bicyclic) bond motifs is 1. The summed E-state index contributed by atoms with van der Waals surface area (Å²) in [5.74, 6) is 0.461. The van der Waals surface area contributed by atoms with Crippen molar-refractivity contribution in [1.82, 2.24) is 25.1 Å². The van der Waals surface area contributed by atoms with E-state index in [9.17, 15) is 4.79 Å². The molecule has 4 heterocycles. The van der Waals surface area contributed by atoms with Crippen LogP contribution in [0.15, 0.2) is 36.9 Å². The van der Waals surface area contributed by atoms with E-state index in [1.54, 1.807) is 10.9 Å². The molecule has 6 nitrogen and oxygen atoms in total. The van der Waals surface area contributed by atoms with Gasteiger partial charge in [-0.15, -0.1) is 0 Å². The van der Waals surface area contributed by atoms with Crippen LogP contribution in [0.2, 0.25) is 0 Å². The quantitative estimate of drug-likeness (QED) is 0.791. The maximum atomic E-state index is 12.5. The van der Waals surface area contributed by atoms with Gasteiger partial charge in [0.2, 0.25) is 0 Å². The molecule has 0 unspecified atom stereocenters. The molecule has 1 aliphatic rings. The van der Waals surface area contributed by atoms with E-state index in [4.69, 9.17) is 0 Å². The van der Waals surface area contributed by atoms with Crippen LogP contribution < -0.4 is 5.32 Å². The monoisotopic (exact) mass is 335 g/mol. The first-order valence-electron chi connectivity index (χ1n) is 8.66. The highest BCUT2D eigenvalue weighted by atomic mass is 16.1. The molecule has 1 N–H and O–H groups in total. The molecule has 0 amide bonds. The lowest BCUT2D eigenvalue weighted by Crippen LogP contribution is -2.32. The molecule has 0 radical (unpaired) electrons. The van der Waals surface area contributed by atoms with Crippen LogP contribution in [0.1, 0.15) is 18.5 Å². The zero-order chi connectivity index (χ0) is 17.2. The van der Waals surface area contributed by atoms with Gasteiger partial charge in [0.05, 0.1) is 17.9 Å². The zero-order valence-corrected chi connectivity index (χ0v) is 14.3. The normalized spacial score (nSPS) is 15.6. The number of nitrogens with zero attached hydrogens (tertiary/aromatic N) is 4. The van der Waals surface area contributed by atoms with Crippen molar-refractivity contribution in [3.63, 3.8) is 0 Å². The number of nitrogens with one attached hydrogen (secondary N) is 1. The Kier molecular flexibility index (Phi) is 4.28. The van der Waals surface area contributed by atoms with Gasteiger partial charge in [-0.05, 0) is 38.1 Å². The Morgan fingerprint density at radius 1 is 1.16 bits per heavy atom. The SMILES string of the molecule is Cn1cc(-c2cnc3cnc(CC(=O)C4CCNCC4)cc3c2)cn1. The first-order chi connectivity index (χ1) is 12.2. The molecule has 1 fully saturated rings. The van der Waals surface area contributed by atoms with Gasteiger partial charge >= 0.3 is 0 Å². The van der Waals surface area contributed by atoms with Gasteiger partial charge in [0.25, 0.3) is 0 Å². The Morgan fingerprint density at radius 2 is 2.00 bits per heavy atom. The minimum Gasteiger partial charge on any atom is -0.317 e. The third-order valence-corrected chi connectivity index (χ3v) is 4.81. The Labute approximate surface area is 146 Å². The molecule has 0 spiro atoms. The smallest absolute Gasteiger partial charge is 0.142 e. The minimum absolute atomic E-state index is 0.165. The molecule has 3 aromatic rings. The molecule has 0 saturated carbocycles. The molecule has 1 aliphatic heterocycles. The van der Waals surface area contributed by atoms with Crippen LogP contribution in [0.3, 0.4) is 0 Å². The van der Waals surface area contributed by atoms with Crippen molar-refractivity contribution in [3.05, 3.63) is 42.6 Å². The van der Waals surface area contributed by atoms with Crippen molar-refractivity contribution >= 4 is 16.7 Å². The van der Waals surface area contributed by atoms with Gasteiger partial charge in [0.15, 0.2) is 0 Å². The van der Waals surface area contributed by atoms with Gasteiger partial charge in [-0.3, -0.25) is 19.4 Å². The summed E-state index contributed by atoms with van der Waals surface area (Å²) in [5, 5.41) is 8.51. The lowest BCUT2D eigenvalue weighted by molar-refractivity contribution is -0.123. The van der Waals surface area contributed by atoms with Crippen molar-refractivity contribution in [2.24, 2.45) is 13.0 Å². The minimum atomic E-state index is 0.165. The molecule has 4 rings (SSSR count). The number of aromatic nitrogens is 4. The fourth-order valence-corrected chi connectivity index (χ4v) is 3.37. The molecule has 128 valence electrons. The summed E-state index contributed by atoms with van der Waals surface area (Å²) in [7, 11) is 1.90. The lowest BCUT2D eigenvalue weighted by Gasteiger charge is -2.21. The predicted octanol–water partition coefficient (Wildman–Crippen LogP) is 2.14. The number of carbonyl (C=O) groups is 1. The number of carbonyl (C=O) groups excluding carboxylic acids is 1. The molecule has 25 heavy (non-hydrogen) atoms. The highest BCUT2D eigenvalue weighted by Crippen LogP contribution is 2.23. The van der Waals surface area contributed by atoms with Crippen LogP contribution in [0.25, 0.3) is 22.0 Å². The summed E-state index contributed by atoms with van der Waals surface area (Å²) in [4.78, 5) is 21.4. The number of piperidine rings is 1. The number of pyridine rings is 2. The van der Waals surface area contributed by atoms with E-state index in [-0.39, 0.29) is 5.92 Å². The van der Waals surface area contributed by atoms with Gasteiger partial charge in [-0.2, -0.15) is 5.10 Å². The van der Waals surface area contributed by atoms with Crippen LogP contribution >= 0.6 is 0 Å². The van der Waals surface area contributed by atoms with E-state index in [0.29, 0.717) is 12.2 Å². The second kappa shape index (κ2) is 6.72. The van der Waals surface area contributed by atoms with Crippen molar-refractivity contribution in [2.45, 2.75) is 19.3 Å². The topological polar surface area (TPSA) is 72.7 Å². The highest BCUT2D eigenvalue weighted by molar-refractivity contribution is 5.86. The molecular formula is C19H21N5O. The van der Waals surface area contributed by atoms with Crippen molar-refractivity contribution < 1.29 is 4.79 Å². The van der Waals surface area contributed by atoms with Gasteiger partial charge in [-0.1, -0.05) is 0 Å². The summed E-state index contributed by atoms with van der Waals surface area (Å²) in [6, 6.07) is 4.07. The van der Waals surface area contributed by atoms with E-state index in [0.717, 1.165) is 53.7 Å². The number of hydrogen-bond donors (Lipinski definition) is 1. The van der Waals surface area contributed by atoms with Crippen LogP contribution in [-0.4, -0.2) is 38.6 Å². The fraction of sp³-hybridized carbons (Fsp3) is 0.368. The Balaban J connectivity index is 1.59. The average Bonchev–Trinajstić information content (AvgIpc) is 3.08. The average molecular weight is 335 g/mol. The van der Waals surface area contributed by atoms with E-state index >= 15 is 0 Å². The second-order valence-corrected chi connectivity index (χ2v) is 6.66. The Morgan fingerprint density at radius 3 is 2.76 bits per heavy atom. The maximum Gasteiger partial charge on any atom is 0.142 e. The summed E-state index contributed by atoms with van der Waals surface area (Å²) < 4.78 is 1.77. The third-order valence-electron chi connectivity index (χ3n) is 4.81. The summed E-state index contributed by atoms with van der Waals surface area (Å²) in [6.45, 7) is 1.86. The van der Waals surface area contributed by atoms with Crippen molar-refractivity contribution in [1.29, 1.82) is 0 Å². The van der Waals surface area contributed by atoms with E-state index in [2.05, 4.69) is 26.4 Å². The van der Waals surface area contributed by atoms with E-state index < -0.39 is 0 Å². The largest absolute Gasteiger partial charge is 0.317 e. The standard InChI is InChI=1S/C19H21N5O/c1-24-12-16(10-23-24)15-6-14-7-17(21-11-18(14)22-9-15)8-19(25)13-2-4-20-5-3-13/h6-7,9-13,20H,2-5,8H2,1H3. The highest BCUT2D eigenvalue weighted by Gasteiger charge is 2.21.